The fraction of sp³-hybridized carbons (Fsp3) is 0.289. The summed E-state index contributed by atoms with van der Waals surface area (Å²) in [6.07, 6.45) is -14.1. The van der Waals surface area contributed by atoms with Gasteiger partial charge in [0.05, 0.1) is 34.3 Å². The molecule has 4 amide bonds. The lowest BCUT2D eigenvalue weighted by Crippen LogP contribution is -2.27. The highest BCUT2D eigenvalue weighted by atomic mass is 19.4. The normalized spacial score (nSPS) is 15.8. The van der Waals surface area contributed by atoms with Gasteiger partial charge in [-0.25, -0.2) is 15.1 Å². The van der Waals surface area contributed by atoms with Crippen LogP contribution in [0.3, 0.4) is 0 Å². The summed E-state index contributed by atoms with van der Waals surface area (Å²) >= 11 is 0. The van der Waals surface area contributed by atoms with Gasteiger partial charge in [-0.2, -0.15) is 52.7 Å². The quantitative estimate of drug-likeness (QED) is 0.0459. The molecule has 2 aliphatic rings. The molecule has 0 bridgehead atoms. The third-order valence-corrected chi connectivity index (χ3v) is 10.3. The first-order valence-corrected chi connectivity index (χ1v) is 19.9. The summed E-state index contributed by atoms with van der Waals surface area (Å²) in [6.45, 7) is -1.54. The minimum Gasteiger partial charge on any atom is -0.445 e. The fourth-order valence-electron chi connectivity index (χ4n) is 7.12. The molecule has 11 nitrogen and oxygen atoms in total. The maximum absolute atomic E-state index is 13.0. The molecular weight excluding hydrogens is 936 g/mol. The number of likely N-dealkylation sites (N-methyl/N-ethyl adjacent to an activating group) is 1. The Bertz CT molecular complexity index is 2330. The van der Waals surface area contributed by atoms with Crippen LogP contribution in [0.15, 0.2) is 84.9 Å². The van der Waals surface area contributed by atoms with E-state index >= 15 is 0 Å². The molecule has 0 fully saturated rings. The van der Waals surface area contributed by atoms with Crippen molar-refractivity contribution in [2.24, 2.45) is 0 Å². The van der Waals surface area contributed by atoms with Crippen LogP contribution >= 0.6 is 0 Å². The summed E-state index contributed by atoms with van der Waals surface area (Å²) < 4.78 is 165. The number of ether oxygens (including phenoxy) is 2. The highest BCUT2D eigenvalue weighted by Crippen LogP contribution is 2.39. The van der Waals surface area contributed by atoms with Crippen molar-refractivity contribution in [3.05, 3.63) is 152 Å². The van der Waals surface area contributed by atoms with Crippen LogP contribution in [0, 0.1) is 0 Å². The van der Waals surface area contributed by atoms with Gasteiger partial charge in [-0.1, -0.05) is 36.4 Å². The molecule has 6 rings (SSSR count). The van der Waals surface area contributed by atoms with E-state index in [2.05, 4.69) is 16.0 Å². The van der Waals surface area contributed by atoms with E-state index < -0.39 is 101 Å². The zero-order valence-electron chi connectivity index (χ0n) is 35.1. The molecule has 0 spiro atoms. The number of nitrogens with one attached hydrogen (secondary N) is 4. The van der Waals surface area contributed by atoms with Crippen LogP contribution in [-0.2, 0) is 69.8 Å². The third kappa shape index (κ3) is 14.5. The van der Waals surface area contributed by atoms with E-state index in [1.54, 1.807) is 36.4 Å². The first kappa shape index (κ1) is 51.9. The number of hydrogen-bond acceptors (Lipinski definition) is 7. The van der Waals surface area contributed by atoms with Crippen molar-refractivity contribution in [1.82, 2.24) is 21.4 Å². The van der Waals surface area contributed by atoms with Crippen LogP contribution in [0.25, 0.3) is 12.2 Å². The van der Waals surface area contributed by atoms with Crippen molar-refractivity contribution in [3.63, 3.8) is 0 Å². The highest BCUT2D eigenvalue weighted by Gasteiger charge is 2.38. The number of amides is 4. The van der Waals surface area contributed by atoms with Gasteiger partial charge in [0.25, 0.3) is 5.91 Å². The van der Waals surface area contributed by atoms with Crippen molar-refractivity contribution in [1.29, 1.82) is 0 Å². The van der Waals surface area contributed by atoms with Gasteiger partial charge >= 0.3 is 36.9 Å². The topological polar surface area (TPSA) is 155 Å². The lowest BCUT2D eigenvalue weighted by atomic mass is 10.0. The largest absolute Gasteiger partial charge is 0.445 e. The molecule has 364 valence electrons. The number of alkyl halides is 12. The van der Waals surface area contributed by atoms with E-state index in [9.17, 15) is 71.9 Å². The van der Waals surface area contributed by atoms with E-state index in [0.717, 1.165) is 33.9 Å². The Morgan fingerprint density at radius 3 is 1.24 bits per heavy atom. The van der Waals surface area contributed by atoms with Crippen LogP contribution in [0.1, 0.15) is 91.7 Å². The number of halogens is 12. The zero-order chi connectivity index (χ0) is 50.2. The molecule has 0 aromatic heterocycles. The van der Waals surface area contributed by atoms with Crippen molar-refractivity contribution in [2.45, 2.75) is 75.7 Å². The Labute approximate surface area is 378 Å². The van der Waals surface area contributed by atoms with Crippen LogP contribution in [-0.4, -0.2) is 36.3 Å². The van der Waals surface area contributed by atoms with Gasteiger partial charge in [0.15, 0.2) is 0 Å². The van der Waals surface area contributed by atoms with Gasteiger partial charge in [0.2, 0.25) is 5.91 Å². The maximum atomic E-state index is 13.0. The Balaban J connectivity index is 0.000000254. The third-order valence-electron chi connectivity index (χ3n) is 10.3. The lowest BCUT2D eigenvalue weighted by molar-refractivity contribution is -0.144. The van der Waals surface area contributed by atoms with Crippen molar-refractivity contribution >= 4 is 36.2 Å². The molecule has 0 saturated heterocycles. The molecule has 0 heterocycles. The van der Waals surface area contributed by atoms with E-state index in [-0.39, 0.29) is 18.0 Å². The smallest absolute Gasteiger partial charge is 0.416 e. The molecule has 4 aromatic carbocycles. The van der Waals surface area contributed by atoms with Gasteiger partial charge in [-0.15, -0.1) is 0 Å². The van der Waals surface area contributed by atoms with E-state index in [4.69, 9.17) is 14.7 Å². The predicted octanol–water partition coefficient (Wildman–Crippen LogP) is 10.6. The number of fused-ring (bicyclic) bond motifs is 2. The Hall–Kier alpha value is -7.04. The van der Waals surface area contributed by atoms with Crippen molar-refractivity contribution in [2.75, 3.05) is 7.05 Å². The first-order valence-electron chi connectivity index (χ1n) is 19.9. The molecule has 0 radical (unpaired) electrons. The van der Waals surface area contributed by atoms with Gasteiger partial charge in [-0.05, 0) is 119 Å². The fourth-order valence-corrected chi connectivity index (χ4v) is 7.12. The van der Waals surface area contributed by atoms with Gasteiger partial charge in [0, 0.05) is 19.2 Å². The van der Waals surface area contributed by atoms with Crippen LogP contribution in [0.4, 0.5) is 62.3 Å². The van der Waals surface area contributed by atoms with E-state index in [1.807, 2.05) is 6.07 Å². The number of hydroxylamine groups is 1. The molecular formula is C45H38F12N4O7. The highest BCUT2D eigenvalue weighted by molar-refractivity contribution is 5.91. The molecule has 5 N–H and O–H groups in total. The molecule has 2 atom stereocenters. The number of alkyl carbamates (subject to hydrolysis) is 2. The summed E-state index contributed by atoms with van der Waals surface area (Å²) in [5.41, 5.74) is -0.507. The van der Waals surface area contributed by atoms with Crippen LogP contribution < -0.4 is 21.4 Å². The summed E-state index contributed by atoms with van der Waals surface area (Å²) in [6, 6.07) is 11.7. The zero-order valence-corrected chi connectivity index (χ0v) is 35.1. The van der Waals surface area contributed by atoms with Crippen LogP contribution in [0.2, 0.25) is 0 Å². The number of carbonyl (C=O) groups excluding carboxylic acids is 4. The Kier molecular flexibility index (Phi) is 16.3. The molecule has 2 aliphatic carbocycles. The summed E-state index contributed by atoms with van der Waals surface area (Å²) in [7, 11) is 1.51. The van der Waals surface area contributed by atoms with Gasteiger partial charge in [0.1, 0.15) is 13.2 Å². The Morgan fingerprint density at radius 2 is 0.912 bits per heavy atom. The second-order valence-corrected chi connectivity index (χ2v) is 15.1. The SMILES string of the molecule is CNC(=O)/C=C/c1ccc2c(c1)CCC2NC(=O)OCc1cc(C(F)(F)F)cc(C(F)(F)F)c1.O=C(/C=C/c1ccc2c(c1)CCC2NC(=O)OCc1cc(C(F)(F)F)cc(C(F)(F)F)c1)NO. The Morgan fingerprint density at radius 1 is 0.559 bits per heavy atom. The lowest BCUT2D eigenvalue weighted by Gasteiger charge is -2.16. The molecule has 68 heavy (non-hydrogen) atoms. The van der Waals surface area contributed by atoms with E-state index in [0.29, 0.717) is 55.5 Å². The van der Waals surface area contributed by atoms with Gasteiger partial charge < -0.3 is 25.4 Å². The average molecular weight is 975 g/mol. The molecule has 23 heteroatoms. The average Bonchev–Trinajstić information content (AvgIpc) is 3.87. The minimum absolute atomic E-state index is 0.00129. The minimum atomic E-state index is -5.00. The van der Waals surface area contributed by atoms with E-state index in [1.165, 1.54) is 24.7 Å². The first-order chi connectivity index (χ1) is 31.7. The van der Waals surface area contributed by atoms with Gasteiger partial charge in [-0.3, -0.25) is 14.8 Å². The second kappa shape index (κ2) is 21.3. The number of rotatable bonds is 10. The number of hydrogen-bond donors (Lipinski definition) is 5. The summed E-state index contributed by atoms with van der Waals surface area (Å²) in [4.78, 5) is 46.7. The number of benzene rings is 4. The standard InChI is InChI=1S/C23H20F6N2O3.C22H18F6N2O4/c1-30-20(32)7-3-13-2-5-18-15(8-13)4-6-19(18)31-21(33)34-12-14-9-16(22(24,25)26)11-17(10-14)23(27,28)29;23-21(24,25)15-8-13(9-16(10-15)22(26,27)28)11-34-20(32)29-18-5-3-14-7-12(1-4-17(14)18)2-6-19(31)30-33/h2-3,5,7-11,19H,4,6,12H2,1H3,(H,30,32)(H,31,33);1-2,4,6-10,18,33H,3,5,11H2,(H,29,32)(H,30,31)/b7-3+;6-2+. The summed E-state index contributed by atoms with van der Waals surface area (Å²) in [5.74, 6) is -0.961. The van der Waals surface area contributed by atoms with Crippen molar-refractivity contribution < 1.29 is 86.5 Å². The predicted molar refractivity (Wildman–Crippen MR) is 217 cm³/mol. The molecule has 2 unspecified atom stereocenters. The molecule has 0 aliphatic heterocycles. The van der Waals surface area contributed by atoms with Crippen LogP contribution in [0.5, 0.6) is 0 Å². The number of carbonyl (C=O) groups is 4. The summed E-state index contributed by atoms with van der Waals surface area (Å²) in [5, 5.41) is 16.1. The second-order valence-electron chi connectivity index (χ2n) is 15.1. The monoisotopic (exact) mass is 974 g/mol. The maximum Gasteiger partial charge on any atom is 0.416 e. The van der Waals surface area contributed by atoms with Crippen molar-refractivity contribution in [3.8, 4) is 0 Å². The molecule has 0 saturated carbocycles. The number of aryl methyl sites for hydroxylation is 2. The molecule has 4 aromatic rings.